The molecule has 0 radical (unpaired) electrons. The molecule has 2 aromatic carbocycles. The van der Waals surface area contributed by atoms with Gasteiger partial charge < -0.3 is 10.2 Å². The third-order valence-electron chi connectivity index (χ3n) is 6.97. The predicted molar refractivity (Wildman–Crippen MR) is 117 cm³/mol. The summed E-state index contributed by atoms with van der Waals surface area (Å²) in [6.45, 7) is 3.70. The summed E-state index contributed by atoms with van der Waals surface area (Å²) in [5, 5.41) is 3.08. The van der Waals surface area contributed by atoms with E-state index in [2.05, 4.69) is 27.2 Å². The van der Waals surface area contributed by atoms with Gasteiger partial charge in [-0.25, -0.2) is 0 Å². The average molecular weight is 444 g/mol. The van der Waals surface area contributed by atoms with Gasteiger partial charge in [-0.15, -0.1) is 0 Å². The number of carbonyl (C=O) groups is 1. The van der Waals surface area contributed by atoms with Crippen LogP contribution in [0.4, 0.5) is 18.9 Å². The van der Waals surface area contributed by atoms with Crippen LogP contribution in [0.1, 0.15) is 29.5 Å². The monoisotopic (exact) mass is 443 g/mol. The lowest BCUT2D eigenvalue weighted by atomic mass is 9.82. The van der Waals surface area contributed by atoms with Crippen LogP contribution in [-0.2, 0) is 23.9 Å². The second kappa shape index (κ2) is 8.43. The molecule has 1 aliphatic carbocycles. The highest BCUT2D eigenvalue weighted by atomic mass is 19.4. The van der Waals surface area contributed by atoms with Crippen molar-refractivity contribution in [1.82, 2.24) is 10.2 Å². The maximum absolute atomic E-state index is 13.3. The Hall–Kier alpha value is -2.54. The lowest BCUT2D eigenvalue weighted by Gasteiger charge is -2.49. The fraction of sp³-hybridized carbons (Fsp3) is 0.480. The molecule has 0 bridgehead atoms. The highest BCUT2D eigenvalue weighted by molar-refractivity contribution is 5.82. The molecule has 0 spiro atoms. The normalized spacial score (nSPS) is 23.4. The fourth-order valence-electron chi connectivity index (χ4n) is 5.04. The second-order valence-electron chi connectivity index (χ2n) is 9.32. The summed E-state index contributed by atoms with van der Waals surface area (Å²) in [6.07, 6.45) is -1.76. The Bertz CT molecular complexity index is 974. The first-order valence-corrected chi connectivity index (χ1v) is 11.4. The number of alkyl halides is 3. The Labute approximate surface area is 186 Å². The summed E-state index contributed by atoms with van der Waals surface area (Å²) in [5.41, 5.74) is 2.05. The molecule has 2 aliphatic heterocycles. The zero-order valence-electron chi connectivity index (χ0n) is 17.9. The molecule has 2 aromatic rings. The van der Waals surface area contributed by atoms with Crippen LogP contribution < -0.4 is 10.2 Å². The van der Waals surface area contributed by atoms with Gasteiger partial charge in [-0.2, -0.15) is 13.2 Å². The van der Waals surface area contributed by atoms with Crippen LogP contribution >= 0.6 is 0 Å². The largest absolute Gasteiger partial charge is 0.416 e. The summed E-state index contributed by atoms with van der Waals surface area (Å²) < 4.78 is 40.0. The van der Waals surface area contributed by atoms with E-state index in [1.165, 1.54) is 17.7 Å². The van der Waals surface area contributed by atoms with E-state index in [0.717, 1.165) is 38.2 Å². The fourth-order valence-corrected chi connectivity index (χ4v) is 5.04. The van der Waals surface area contributed by atoms with Crippen molar-refractivity contribution >= 4 is 11.6 Å². The molecule has 1 N–H and O–H groups in total. The number of anilines is 1. The number of nitrogens with one attached hydrogen (secondary N) is 1. The zero-order valence-corrected chi connectivity index (χ0v) is 17.9. The Morgan fingerprint density at radius 2 is 1.84 bits per heavy atom. The predicted octanol–water partition coefficient (Wildman–Crippen LogP) is 4.09. The number of fused-ring (bicyclic) bond motifs is 3. The molecule has 4 nitrogen and oxygen atoms in total. The maximum atomic E-state index is 13.3. The lowest BCUT2D eigenvalue weighted by molar-refractivity contribution is -0.137. The van der Waals surface area contributed by atoms with Gasteiger partial charge in [0.25, 0.3) is 0 Å². The summed E-state index contributed by atoms with van der Waals surface area (Å²) >= 11 is 0. The number of halogens is 3. The molecular weight excluding hydrogens is 415 g/mol. The van der Waals surface area contributed by atoms with Crippen LogP contribution in [0.2, 0.25) is 0 Å². The van der Waals surface area contributed by atoms with Crippen molar-refractivity contribution in [2.75, 3.05) is 31.1 Å². The third-order valence-corrected chi connectivity index (χ3v) is 6.97. The van der Waals surface area contributed by atoms with E-state index < -0.39 is 11.7 Å². The minimum Gasteiger partial charge on any atom is -0.365 e. The Kier molecular flexibility index (Phi) is 5.61. The van der Waals surface area contributed by atoms with Crippen LogP contribution in [0, 0.1) is 11.8 Å². The van der Waals surface area contributed by atoms with Gasteiger partial charge in [0.15, 0.2) is 0 Å². The number of benzene rings is 2. The molecule has 7 heteroatoms. The van der Waals surface area contributed by atoms with Gasteiger partial charge in [0.1, 0.15) is 0 Å². The van der Waals surface area contributed by atoms with Crippen LogP contribution in [-0.4, -0.2) is 43.0 Å². The van der Waals surface area contributed by atoms with E-state index >= 15 is 0 Å². The maximum Gasteiger partial charge on any atom is 0.416 e. The van der Waals surface area contributed by atoms with Crippen LogP contribution in [0.3, 0.4) is 0 Å². The van der Waals surface area contributed by atoms with E-state index in [9.17, 15) is 18.0 Å². The van der Waals surface area contributed by atoms with Gasteiger partial charge in [-0.3, -0.25) is 9.69 Å². The van der Waals surface area contributed by atoms with Crippen molar-refractivity contribution in [3.8, 4) is 0 Å². The summed E-state index contributed by atoms with van der Waals surface area (Å²) in [4.78, 5) is 17.7. The van der Waals surface area contributed by atoms with Crippen molar-refractivity contribution in [1.29, 1.82) is 0 Å². The minimum absolute atomic E-state index is 0.0310. The molecule has 0 aromatic heterocycles. The highest BCUT2D eigenvalue weighted by Gasteiger charge is 2.43. The van der Waals surface area contributed by atoms with Crippen molar-refractivity contribution in [2.45, 2.75) is 38.0 Å². The van der Waals surface area contributed by atoms with E-state index in [4.69, 9.17) is 0 Å². The molecule has 1 saturated heterocycles. The summed E-state index contributed by atoms with van der Waals surface area (Å²) in [5.74, 6) is 0.170. The summed E-state index contributed by atoms with van der Waals surface area (Å²) in [6, 6.07) is 14.2. The Balaban J connectivity index is 1.40. The van der Waals surface area contributed by atoms with Crippen molar-refractivity contribution in [3.05, 3.63) is 65.2 Å². The number of hydrogen-bond donors (Lipinski definition) is 1. The van der Waals surface area contributed by atoms with Gasteiger partial charge in [0, 0.05) is 38.4 Å². The molecule has 2 atom stereocenters. The number of hydrogen-bond acceptors (Lipinski definition) is 3. The quantitative estimate of drug-likeness (QED) is 0.756. The molecule has 1 amide bonds. The van der Waals surface area contributed by atoms with Crippen LogP contribution in [0.15, 0.2) is 48.5 Å². The molecule has 2 fully saturated rings. The molecule has 5 rings (SSSR count). The Morgan fingerprint density at radius 1 is 1.06 bits per heavy atom. The molecule has 0 unspecified atom stereocenters. The van der Waals surface area contributed by atoms with E-state index in [0.29, 0.717) is 31.0 Å². The number of nitrogens with zero attached hydrogens (tertiary/aromatic N) is 2. The second-order valence-corrected chi connectivity index (χ2v) is 9.32. The summed E-state index contributed by atoms with van der Waals surface area (Å²) in [7, 11) is 0. The standard InChI is InChI=1S/C25H28F3N3O/c26-25(27,28)20-8-9-22-19(12-20)13-21(24(32)29-14-17-6-7-17)23-16-30(10-11-31(22)23)15-18-4-2-1-3-5-18/h1-5,8-9,12,17,21,23H,6-7,10-11,13-16H2,(H,29,32)/t21-,23-/m0/s1. The third kappa shape index (κ3) is 4.49. The van der Waals surface area contributed by atoms with Gasteiger partial charge in [0.2, 0.25) is 5.91 Å². The van der Waals surface area contributed by atoms with Crippen molar-refractivity contribution in [2.24, 2.45) is 11.8 Å². The van der Waals surface area contributed by atoms with Crippen LogP contribution in [0.25, 0.3) is 0 Å². The van der Waals surface area contributed by atoms with Gasteiger partial charge >= 0.3 is 6.18 Å². The average Bonchev–Trinajstić information content (AvgIpc) is 3.61. The molecule has 170 valence electrons. The number of piperazine rings is 1. The molecule has 2 heterocycles. The number of rotatable bonds is 5. The smallest absolute Gasteiger partial charge is 0.365 e. The first-order chi connectivity index (χ1) is 15.4. The SMILES string of the molecule is O=C(NCC1CC1)[C@H]1Cc2cc(C(F)(F)F)ccc2N2CCN(Cc3ccccc3)C[C@@H]12. The van der Waals surface area contributed by atoms with Gasteiger partial charge in [-0.05, 0) is 54.5 Å². The van der Waals surface area contributed by atoms with E-state index in [1.54, 1.807) is 6.07 Å². The first kappa shape index (κ1) is 21.3. The van der Waals surface area contributed by atoms with Gasteiger partial charge in [0.05, 0.1) is 17.5 Å². The zero-order chi connectivity index (χ0) is 22.3. The number of amides is 1. The first-order valence-electron chi connectivity index (χ1n) is 11.4. The molecule has 32 heavy (non-hydrogen) atoms. The molecule has 3 aliphatic rings. The minimum atomic E-state index is -4.38. The Morgan fingerprint density at radius 3 is 2.56 bits per heavy atom. The molecular formula is C25H28F3N3O. The molecule has 1 saturated carbocycles. The van der Waals surface area contributed by atoms with Crippen molar-refractivity contribution < 1.29 is 18.0 Å². The highest BCUT2D eigenvalue weighted by Crippen LogP contribution is 2.40. The van der Waals surface area contributed by atoms with Crippen molar-refractivity contribution in [3.63, 3.8) is 0 Å². The topological polar surface area (TPSA) is 35.6 Å². The van der Waals surface area contributed by atoms with E-state index in [-0.39, 0.29) is 17.9 Å². The number of carbonyl (C=O) groups excluding carboxylic acids is 1. The van der Waals surface area contributed by atoms with Gasteiger partial charge in [-0.1, -0.05) is 30.3 Å². The van der Waals surface area contributed by atoms with Crippen LogP contribution in [0.5, 0.6) is 0 Å². The van der Waals surface area contributed by atoms with E-state index in [1.807, 2.05) is 18.2 Å². The lowest BCUT2D eigenvalue weighted by Crippen LogP contribution is -2.61.